The lowest BCUT2D eigenvalue weighted by Gasteiger charge is -2.07. The highest BCUT2D eigenvalue weighted by Crippen LogP contribution is 2.33. The van der Waals surface area contributed by atoms with Crippen LogP contribution in [0.1, 0.15) is 19.2 Å². The summed E-state index contributed by atoms with van der Waals surface area (Å²) < 4.78 is 17.8. The number of benzene rings is 1. The van der Waals surface area contributed by atoms with Crippen molar-refractivity contribution in [2.45, 2.75) is 27.8 Å². The number of nitrogens with zero attached hydrogens (tertiary/aromatic N) is 4. The average molecular weight is 411 g/mol. The van der Waals surface area contributed by atoms with Crippen molar-refractivity contribution in [1.29, 1.82) is 0 Å². The zero-order valence-electron chi connectivity index (χ0n) is 14.6. The van der Waals surface area contributed by atoms with Gasteiger partial charge in [-0.2, -0.15) is 4.98 Å². The van der Waals surface area contributed by atoms with Gasteiger partial charge in [-0.1, -0.05) is 46.9 Å². The van der Waals surface area contributed by atoms with Gasteiger partial charge in [-0.3, -0.25) is 0 Å². The van der Waals surface area contributed by atoms with E-state index in [0.29, 0.717) is 29.0 Å². The molecule has 1 aromatic carbocycles. The number of methoxy groups -OCH3 is 2. The van der Waals surface area contributed by atoms with Gasteiger partial charge in [0.25, 0.3) is 0 Å². The molecule has 26 heavy (non-hydrogen) atoms. The molecule has 2 aromatic heterocycles. The van der Waals surface area contributed by atoms with Crippen molar-refractivity contribution in [2.75, 3.05) is 20.0 Å². The molecule has 0 N–H and O–H groups in total. The summed E-state index contributed by atoms with van der Waals surface area (Å²) in [4.78, 5) is 4.45. The highest BCUT2D eigenvalue weighted by atomic mass is 32.2. The zero-order valence-corrected chi connectivity index (χ0v) is 17.0. The van der Waals surface area contributed by atoms with Crippen molar-refractivity contribution in [3.05, 3.63) is 24.1 Å². The Hall–Kier alpha value is -1.78. The molecule has 3 aromatic rings. The maximum Gasteiger partial charge on any atom is 0.237 e. The van der Waals surface area contributed by atoms with Crippen molar-refractivity contribution in [3.63, 3.8) is 0 Å². The Morgan fingerprint density at radius 1 is 1.12 bits per heavy atom. The van der Waals surface area contributed by atoms with E-state index in [2.05, 4.69) is 27.3 Å². The van der Waals surface area contributed by atoms with E-state index in [0.717, 1.165) is 26.4 Å². The van der Waals surface area contributed by atoms with Crippen LogP contribution in [0.2, 0.25) is 0 Å². The molecule has 0 aliphatic heterocycles. The van der Waals surface area contributed by atoms with Crippen LogP contribution in [0, 0.1) is 0 Å². The SMILES string of the molecule is CCCSc1nnc(SCc2nc(-c3ccc(OC)cc3OC)no2)s1. The van der Waals surface area contributed by atoms with Gasteiger partial charge in [-0.25, -0.2) is 0 Å². The molecule has 0 unspecified atom stereocenters. The Morgan fingerprint density at radius 3 is 2.65 bits per heavy atom. The predicted molar refractivity (Wildman–Crippen MR) is 103 cm³/mol. The third-order valence-corrected chi connectivity index (χ3v) is 6.63. The van der Waals surface area contributed by atoms with Gasteiger partial charge in [0.1, 0.15) is 11.5 Å². The largest absolute Gasteiger partial charge is 0.497 e. The van der Waals surface area contributed by atoms with Crippen molar-refractivity contribution in [2.24, 2.45) is 0 Å². The minimum atomic E-state index is 0.483. The van der Waals surface area contributed by atoms with Gasteiger partial charge in [0.2, 0.25) is 11.7 Å². The van der Waals surface area contributed by atoms with E-state index < -0.39 is 0 Å². The van der Waals surface area contributed by atoms with E-state index in [1.54, 1.807) is 43.4 Å². The van der Waals surface area contributed by atoms with E-state index in [9.17, 15) is 0 Å². The molecule has 0 saturated carbocycles. The number of rotatable bonds is 9. The molecule has 2 heterocycles. The molecule has 0 bridgehead atoms. The summed E-state index contributed by atoms with van der Waals surface area (Å²) in [5, 5.41) is 12.4. The fourth-order valence-electron chi connectivity index (χ4n) is 2.03. The standard InChI is InChI=1S/C16H18N4O3S3/c1-4-7-24-15-18-19-16(26-15)25-9-13-17-14(20-23-13)11-6-5-10(21-2)8-12(11)22-3/h5-6,8H,4,7,9H2,1-3H3. The third kappa shape index (κ3) is 4.68. The second-order valence-electron chi connectivity index (χ2n) is 5.05. The second-order valence-corrected chi connectivity index (χ2v) is 8.59. The molecule has 0 amide bonds. The van der Waals surface area contributed by atoms with Crippen molar-refractivity contribution in [1.82, 2.24) is 20.3 Å². The molecule has 0 spiro atoms. The number of hydrogen-bond donors (Lipinski definition) is 0. The number of aromatic nitrogens is 4. The second kappa shape index (κ2) is 9.24. The monoisotopic (exact) mass is 410 g/mol. The first-order valence-corrected chi connectivity index (χ1v) is 10.7. The maximum atomic E-state index is 5.39. The van der Waals surface area contributed by atoms with E-state index in [1.807, 2.05) is 12.1 Å². The lowest BCUT2D eigenvalue weighted by Crippen LogP contribution is -1.91. The van der Waals surface area contributed by atoms with Crippen LogP contribution in [0.5, 0.6) is 11.5 Å². The summed E-state index contributed by atoms with van der Waals surface area (Å²) in [6, 6.07) is 5.47. The Balaban J connectivity index is 1.66. The number of hydrogen-bond acceptors (Lipinski definition) is 10. The lowest BCUT2D eigenvalue weighted by molar-refractivity contribution is 0.388. The van der Waals surface area contributed by atoms with Gasteiger partial charge in [0.05, 0.1) is 25.5 Å². The fraction of sp³-hybridized carbons (Fsp3) is 0.375. The summed E-state index contributed by atoms with van der Waals surface area (Å²) >= 11 is 4.85. The molecular weight excluding hydrogens is 392 g/mol. The van der Waals surface area contributed by atoms with Crippen LogP contribution < -0.4 is 9.47 Å². The first kappa shape index (κ1) is 19.0. The molecule has 0 fully saturated rings. The van der Waals surface area contributed by atoms with Crippen molar-refractivity contribution < 1.29 is 14.0 Å². The van der Waals surface area contributed by atoms with Gasteiger partial charge in [0, 0.05) is 11.8 Å². The van der Waals surface area contributed by atoms with E-state index in [4.69, 9.17) is 14.0 Å². The Labute approximate surface area is 163 Å². The molecular formula is C16H18N4O3S3. The molecule has 138 valence electrons. The Morgan fingerprint density at radius 2 is 1.92 bits per heavy atom. The maximum absolute atomic E-state index is 5.39. The number of thioether (sulfide) groups is 2. The average Bonchev–Trinajstić information content (AvgIpc) is 3.33. The van der Waals surface area contributed by atoms with Crippen LogP contribution in [-0.2, 0) is 5.75 Å². The molecule has 0 aliphatic carbocycles. The van der Waals surface area contributed by atoms with Gasteiger partial charge < -0.3 is 14.0 Å². The van der Waals surface area contributed by atoms with Crippen molar-refractivity contribution >= 4 is 34.9 Å². The molecule has 0 radical (unpaired) electrons. The highest BCUT2D eigenvalue weighted by molar-refractivity contribution is 8.02. The summed E-state index contributed by atoms with van der Waals surface area (Å²) in [6.45, 7) is 2.15. The van der Waals surface area contributed by atoms with Gasteiger partial charge in [0.15, 0.2) is 8.68 Å². The third-order valence-electron chi connectivity index (χ3n) is 3.25. The molecule has 10 heteroatoms. The van der Waals surface area contributed by atoms with Crippen LogP contribution in [0.3, 0.4) is 0 Å². The molecule has 0 atom stereocenters. The first-order chi connectivity index (χ1) is 12.7. The van der Waals surface area contributed by atoms with Gasteiger partial charge >= 0.3 is 0 Å². The van der Waals surface area contributed by atoms with Crippen LogP contribution in [0.4, 0.5) is 0 Å². The van der Waals surface area contributed by atoms with Gasteiger partial charge in [-0.05, 0) is 18.6 Å². The lowest BCUT2D eigenvalue weighted by atomic mass is 10.2. The number of ether oxygens (including phenoxy) is 2. The van der Waals surface area contributed by atoms with Crippen LogP contribution in [0.25, 0.3) is 11.4 Å². The summed E-state index contributed by atoms with van der Waals surface area (Å²) in [6.07, 6.45) is 1.12. The minimum absolute atomic E-state index is 0.483. The van der Waals surface area contributed by atoms with E-state index >= 15 is 0 Å². The molecule has 0 aliphatic rings. The molecule has 3 rings (SSSR count). The Kier molecular flexibility index (Phi) is 6.75. The molecule has 7 nitrogen and oxygen atoms in total. The van der Waals surface area contributed by atoms with E-state index in [1.165, 1.54) is 11.8 Å². The fourth-order valence-corrected chi connectivity index (χ4v) is 4.82. The summed E-state index contributed by atoms with van der Waals surface area (Å²) in [7, 11) is 3.20. The summed E-state index contributed by atoms with van der Waals surface area (Å²) in [5.74, 6) is 3.94. The van der Waals surface area contributed by atoms with Crippen molar-refractivity contribution in [3.8, 4) is 22.9 Å². The quantitative estimate of drug-likeness (QED) is 0.477. The zero-order chi connectivity index (χ0) is 18.4. The summed E-state index contributed by atoms with van der Waals surface area (Å²) in [5.41, 5.74) is 0.752. The first-order valence-electron chi connectivity index (χ1n) is 7.87. The smallest absolute Gasteiger partial charge is 0.237 e. The van der Waals surface area contributed by atoms with Gasteiger partial charge in [-0.15, -0.1) is 10.2 Å². The van der Waals surface area contributed by atoms with E-state index in [-0.39, 0.29) is 0 Å². The minimum Gasteiger partial charge on any atom is -0.497 e. The normalized spacial score (nSPS) is 10.9. The van der Waals surface area contributed by atoms with Crippen LogP contribution in [-0.4, -0.2) is 40.3 Å². The highest BCUT2D eigenvalue weighted by Gasteiger charge is 2.15. The predicted octanol–water partition coefficient (Wildman–Crippen LogP) is 4.40. The van der Waals surface area contributed by atoms with Crippen LogP contribution >= 0.6 is 34.9 Å². The van der Waals surface area contributed by atoms with Crippen LogP contribution in [0.15, 0.2) is 31.4 Å². The molecule has 0 saturated heterocycles. The topological polar surface area (TPSA) is 83.2 Å². The Bertz CT molecular complexity index is 853.